The highest BCUT2D eigenvalue weighted by molar-refractivity contribution is 7.20. The molecule has 0 spiro atoms. The first-order chi connectivity index (χ1) is 12.6. The first-order valence-corrected chi connectivity index (χ1v) is 9.72. The van der Waals surface area contributed by atoms with Gasteiger partial charge in [-0.25, -0.2) is 4.68 Å². The first-order valence-electron chi connectivity index (χ1n) is 8.90. The molecular formula is C20H20N4OS. The van der Waals surface area contributed by atoms with Crippen LogP contribution in [0.15, 0.2) is 36.4 Å². The van der Waals surface area contributed by atoms with Gasteiger partial charge in [-0.2, -0.15) is 10.4 Å². The summed E-state index contributed by atoms with van der Waals surface area (Å²) in [6.07, 6.45) is 4.58. The van der Waals surface area contributed by atoms with E-state index in [2.05, 4.69) is 16.5 Å². The molecule has 5 nitrogen and oxygen atoms in total. The quantitative estimate of drug-likeness (QED) is 0.751. The maximum Gasteiger partial charge on any atom is 0.262 e. The number of hydrogen-bond acceptors (Lipinski definition) is 4. The molecule has 0 aliphatic heterocycles. The maximum absolute atomic E-state index is 12.8. The van der Waals surface area contributed by atoms with Crippen molar-refractivity contribution < 1.29 is 4.79 Å². The second-order valence-corrected chi connectivity index (χ2v) is 7.90. The van der Waals surface area contributed by atoms with E-state index < -0.39 is 5.54 Å². The van der Waals surface area contributed by atoms with Gasteiger partial charge < -0.3 is 5.32 Å². The number of benzene rings is 1. The van der Waals surface area contributed by atoms with Crippen molar-refractivity contribution in [3.63, 3.8) is 0 Å². The van der Waals surface area contributed by atoms with Gasteiger partial charge in [-0.1, -0.05) is 37.5 Å². The Morgan fingerprint density at radius 3 is 2.69 bits per heavy atom. The molecule has 4 rings (SSSR count). The number of aryl methyl sites for hydroxylation is 1. The van der Waals surface area contributed by atoms with Crippen LogP contribution in [0.2, 0.25) is 0 Å². The lowest BCUT2D eigenvalue weighted by atomic mass is 9.83. The number of hydrogen-bond donors (Lipinski definition) is 1. The van der Waals surface area contributed by atoms with Crippen LogP contribution >= 0.6 is 11.3 Å². The summed E-state index contributed by atoms with van der Waals surface area (Å²) in [5, 5.41) is 18.2. The van der Waals surface area contributed by atoms with Gasteiger partial charge in [0.15, 0.2) is 0 Å². The van der Waals surface area contributed by atoms with Crippen LogP contribution < -0.4 is 5.32 Å². The number of aromatic nitrogens is 2. The third-order valence-electron chi connectivity index (χ3n) is 5.04. The molecule has 0 unspecified atom stereocenters. The summed E-state index contributed by atoms with van der Waals surface area (Å²) < 4.78 is 1.88. The molecule has 2 heterocycles. The zero-order valence-corrected chi connectivity index (χ0v) is 15.5. The van der Waals surface area contributed by atoms with Crippen LogP contribution in [0.5, 0.6) is 0 Å². The molecule has 0 radical (unpaired) electrons. The van der Waals surface area contributed by atoms with E-state index in [1.54, 1.807) is 0 Å². The molecule has 26 heavy (non-hydrogen) atoms. The Hall–Kier alpha value is -2.65. The van der Waals surface area contributed by atoms with Crippen LogP contribution in [0.3, 0.4) is 0 Å². The molecule has 1 N–H and O–H groups in total. The van der Waals surface area contributed by atoms with E-state index in [9.17, 15) is 10.1 Å². The van der Waals surface area contributed by atoms with E-state index in [-0.39, 0.29) is 5.91 Å². The highest BCUT2D eigenvalue weighted by Crippen LogP contribution is 2.32. The fourth-order valence-electron chi connectivity index (χ4n) is 3.60. The van der Waals surface area contributed by atoms with Gasteiger partial charge in [-0.3, -0.25) is 4.79 Å². The van der Waals surface area contributed by atoms with Crippen LogP contribution in [0, 0.1) is 18.3 Å². The van der Waals surface area contributed by atoms with Gasteiger partial charge in [0.05, 0.1) is 22.3 Å². The van der Waals surface area contributed by atoms with Crippen LogP contribution in [0.1, 0.15) is 47.5 Å². The summed E-state index contributed by atoms with van der Waals surface area (Å²) in [5.74, 6) is -0.159. The fourth-order valence-corrected chi connectivity index (χ4v) is 4.68. The second-order valence-electron chi connectivity index (χ2n) is 6.87. The Kier molecular flexibility index (Phi) is 4.25. The van der Waals surface area contributed by atoms with Gasteiger partial charge in [0.2, 0.25) is 0 Å². The number of fused-ring (bicyclic) bond motifs is 1. The monoisotopic (exact) mass is 364 g/mol. The lowest BCUT2D eigenvalue weighted by Crippen LogP contribution is -2.48. The molecule has 2 aromatic heterocycles. The highest BCUT2D eigenvalue weighted by atomic mass is 32.1. The molecule has 1 fully saturated rings. The highest BCUT2D eigenvalue weighted by Gasteiger charge is 2.34. The second kappa shape index (κ2) is 6.58. The minimum atomic E-state index is -0.716. The van der Waals surface area contributed by atoms with Crippen LogP contribution in [0.25, 0.3) is 15.9 Å². The maximum atomic E-state index is 12.8. The van der Waals surface area contributed by atoms with Crippen molar-refractivity contribution in [2.45, 2.75) is 44.6 Å². The van der Waals surface area contributed by atoms with Crippen molar-refractivity contribution in [2.75, 3.05) is 0 Å². The minimum absolute atomic E-state index is 0.159. The average Bonchev–Trinajstić information content (AvgIpc) is 3.24. The number of carbonyl (C=O) groups excluding carboxylic acids is 1. The summed E-state index contributed by atoms with van der Waals surface area (Å²) in [4.78, 5) is 14.4. The molecule has 3 aromatic rings. The number of nitrogens with one attached hydrogen (secondary N) is 1. The van der Waals surface area contributed by atoms with Gasteiger partial charge >= 0.3 is 0 Å². The van der Waals surface area contributed by atoms with E-state index in [1.807, 2.05) is 48.0 Å². The van der Waals surface area contributed by atoms with E-state index in [0.29, 0.717) is 4.88 Å². The molecule has 1 aromatic carbocycles. The minimum Gasteiger partial charge on any atom is -0.333 e. The number of rotatable bonds is 3. The van der Waals surface area contributed by atoms with Gasteiger partial charge in [0.1, 0.15) is 10.4 Å². The number of thiophene rings is 1. The standard InChI is InChI=1S/C20H20N4OS/c1-14-16-12-17(18(25)22-20(13-21)10-6-3-7-11-20)26-19(16)24(23-14)15-8-4-2-5-9-15/h2,4-5,8-9,12H,3,6-7,10-11H2,1H3,(H,22,25). The molecule has 0 atom stereocenters. The zero-order valence-electron chi connectivity index (χ0n) is 14.7. The molecule has 6 heteroatoms. The van der Waals surface area contributed by atoms with Gasteiger partial charge in [-0.05, 0) is 38.0 Å². The zero-order chi connectivity index (χ0) is 18.1. The number of amides is 1. The van der Waals surface area contributed by atoms with E-state index in [0.717, 1.165) is 53.7 Å². The molecule has 1 saturated carbocycles. The normalized spacial score (nSPS) is 16.3. The van der Waals surface area contributed by atoms with Gasteiger partial charge in [0, 0.05) is 5.39 Å². The molecule has 0 bridgehead atoms. The van der Waals surface area contributed by atoms with Crippen molar-refractivity contribution in [1.82, 2.24) is 15.1 Å². The summed E-state index contributed by atoms with van der Waals surface area (Å²) >= 11 is 1.42. The van der Waals surface area contributed by atoms with Crippen LogP contribution in [-0.4, -0.2) is 21.2 Å². The smallest absolute Gasteiger partial charge is 0.262 e. The van der Waals surface area contributed by atoms with Crippen molar-refractivity contribution in [3.05, 3.63) is 47.0 Å². The fraction of sp³-hybridized carbons (Fsp3) is 0.350. The summed E-state index contributed by atoms with van der Waals surface area (Å²) in [6, 6.07) is 14.2. The first kappa shape index (κ1) is 16.8. The molecule has 0 saturated heterocycles. The molecular weight excluding hydrogens is 344 g/mol. The number of carbonyl (C=O) groups is 1. The molecule has 1 aliphatic carbocycles. The Morgan fingerprint density at radius 1 is 1.27 bits per heavy atom. The predicted octanol–water partition coefficient (Wildman–Crippen LogP) is 4.35. The average molecular weight is 364 g/mol. The number of nitrogens with zero attached hydrogens (tertiary/aromatic N) is 3. The Bertz CT molecular complexity index is 990. The number of para-hydroxylation sites is 1. The third-order valence-corrected chi connectivity index (χ3v) is 6.15. The van der Waals surface area contributed by atoms with Crippen molar-refractivity contribution in [2.24, 2.45) is 0 Å². The Labute approximate surface area is 156 Å². The van der Waals surface area contributed by atoms with Crippen molar-refractivity contribution in [3.8, 4) is 11.8 Å². The van der Waals surface area contributed by atoms with E-state index in [1.165, 1.54) is 11.3 Å². The third kappa shape index (κ3) is 2.89. The lowest BCUT2D eigenvalue weighted by molar-refractivity contribution is 0.0907. The van der Waals surface area contributed by atoms with Crippen molar-refractivity contribution in [1.29, 1.82) is 5.26 Å². The van der Waals surface area contributed by atoms with Crippen LogP contribution in [0.4, 0.5) is 0 Å². The van der Waals surface area contributed by atoms with E-state index >= 15 is 0 Å². The number of nitriles is 1. The van der Waals surface area contributed by atoms with E-state index in [4.69, 9.17) is 0 Å². The molecule has 132 valence electrons. The largest absolute Gasteiger partial charge is 0.333 e. The summed E-state index contributed by atoms with van der Waals surface area (Å²) in [6.45, 7) is 1.95. The van der Waals surface area contributed by atoms with Gasteiger partial charge in [0.25, 0.3) is 5.91 Å². The van der Waals surface area contributed by atoms with Crippen molar-refractivity contribution >= 4 is 27.5 Å². The van der Waals surface area contributed by atoms with Crippen LogP contribution in [-0.2, 0) is 0 Å². The summed E-state index contributed by atoms with van der Waals surface area (Å²) in [5.41, 5.74) is 1.15. The predicted molar refractivity (Wildman–Crippen MR) is 103 cm³/mol. The Balaban J connectivity index is 1.68. The SMILES string of the molecule is Cc1nn(-c2ccccc2)c2sc(C(=O)NC3(C#N)CCCCC3)cc12. The molecule has 1 amide bonds. The van der Waals surface area contributed by atoms with Gasteiger partial charge in [-0.15, -0.1) is 11.3 Å². The Morgan fingerprint density at radius 2 is 2.00 bits per heavy atom. The lowest BCUT2D eigenvalue weighted by Gasteiger charge is -2.31. The molecule has 1 aliphatic rings. The topological polar surface area (TPSA) is 70.7 Å². The summed E-state index contributed by atoms with van der Waals surface area (Å²) in [7, 11) is 0.